The predicted octanol–water partition coefficient (Wildman–Crippen LogP) is 6.21. The highest BCUT2D eigenvalue weighted by Crippen LogP contribution is 2.32. The van der Waals surface area contributed by atoms with Gasteiger partial charge in [0.25, 0.3) is 5.91 Å². The highest BCUT2D eigenvalue weighted by atomic mass is 35.5. The summed E-state index contributed by atoms with van der Waals surface area (Å²) in [5, 5.41) is 3.27. The molecule has 0 aliphatic rings. The highest BCUT2D eigenvalue weighted by molar-refractivity contribution is 7.93. The lowest BCUT2D eigenvalue weighted by Gasteiger charge is -2.12. The van der Waals surface area contributed by atoms with E-state index in [-0.39, 0.29) is 30.7 Å². The van der Waals surface area contributed by atoms with Gasteiger partial charge in [-0.15, -0.1) is 0 Å². The lowest BCUT2D eigenvalue weighted by Crippen LogP contribution is -2.14. The number of nitrogens with zero attached hydrogens (tertiary/aromatic N) is 2. The summed E-state index contributed by atoms with van der Waals surface area (Å²) in [7, 11) is -3.82. The quantitative estimate of drug-likeness (QED) is 0.339. The van der Waals surface area contributed by atoms with Gasteiger partial charge in [0.1, 0.15) is 0 Å². The number of aryl methyl sites for hydroxylation is 2. The Balaban J connectivity index is 1.68. The van der Waals surface area contributed by atoms with Crippen molar-refractivity contribution in [2.75, 3.05) is 5.32 Å². The average Bonchev–Trinajstić information content (AvgIpc) is 3.28. The minimum absolute atomic E-state index is 0.132. The third-order valence-corrected chi connectivity index (χ3v) is 8.54. The van der Waals surface area contributed by atoms with E-state index in [9.17, 15) is 13.2 Å². The second-order valence-corrected chi connectivity index (χ2v) is 10.9. The first-order chi connectivity index (χ1) is 15.7. The molecule has 0 spiro atoms. The van der Waals surface area contributed by atoms with Crippen LogP contribution in [-0.2, 0) is 9.84 Å². The lowest BCUT2D eigenvalue weighted by atomic mass is 10.1. The van der Waals surface area contributed by atoms with Crippen LogP contribution in [0.1, 0.15) is 21.5 Å². The molecule has 1 heterocycles. The summed E-state index contributed by atoms with van der Waals surface area (Å²) in [6.07, 6.45) is 0. The van der Waals surface area contributed by atoms with Crippen molar-refractivity contribution in [2.24, 2.45) is 0 Å². The Labute approximate surface area is 205 Å². The van der Waals surface area contributed by atoms with Crippen LogP contribution in [0.15, 0.2) is 69.9 Å². The van der Waals surface area contributed by atoms with Crippen molar-refractivity contribution < 1.29 is 13.2 Å². The molecule has 0 aliphatic heterocycles. The maximum Gasteiger partial charge on any atom is 0.258 e. The number of halogens is 2. The van der Waals surface area contributed by atoms with Crippen LogP contribution < -0.4 is 5.32 Å². The van der Waals surface area contributed by atoms with Gasteiger partial charge in [-0.1, -0.05) is 59.1 Å². The number of nitrogens with one attached hydrogen (secondary N) is 1. The van der Waals surface area contributed by atoms with Gasteiger partial charge in [-0.05, 0) is 61.3 Å². The van der Waals surface area contributed by atoms with Crippen LogP contribution in [0.5, 0.6) is 0 Å². The molecule has 0 atom stereocenters. The summed E-state index contributed by atoms with van der Waals surface area (Å²) >= 11 is 13.3. The fourth-order valence-electron chi connectivity index (χ4n) is 3.08. The number of carbonyl (C=O) groups excluding carboxylic acids is 1. The van der Waals surface area contributed by atoms with Crippen molar-refractivity contribution in [2.45, 2.75) is 23.1 Å². The number of benzene rings is 3. The number of amides is 1. The third kappa shape index (κ3) is 4.65. The van der Waals surface area contributed by atoms with E-state index in [0.717, 1.165) is 17.1 Å². The summed E-state index contributed by atoms with van der Waals surface area (Å²) < 4.78 is 30.0. The summed E-state index contributed by atoms with van der Waals surface area (Å²) in [6, 6.07) is 16.7. The Kier molecular flexibility index (Phi) is 6.54. The van der Waals surface area contributed by atoms with Crippen LogP contribution in [0.3, 0.4) is 0 Å². The standard InChI is InChI=1S/C23H17Cl2N3O3S2/c1-13-7-10-15(11-8-13)33(30,31)23-27-21(28-32-23)16-5-3-4-6-18(16)26-22(29)19-17(24)12-9-14(2)20(19)25/h3-12H,1-2H3,(H,26,29). The average molecular weight is 518 g/mol. The molecular formula is C23H17Cl2N3O3S2. The Morgan fingerprint density at radius 3 is 2.39 bits per heavy atom. The molecular weight excluding hydrogens is 501 g/mol. The molecule has 0 bridgehead atoms. The van der Waals surface area contributed by atoms with Crippen LogP contribution in [-0.4, -0.2) is 23.7 Å². The Morgan fingerprint density at radius 2 is 1.67 bits per heavy atom. The van der Waals surface area contributed by atoms with Gasteiger partial charge in [0.15, 0.2) is 5.82 Å². The van der Waals surface area contributed by atoms with E-state index in [1.165, 1.54) is 12.1 Å². The number of sulfone groups is 1. The van der Waals surface area contributed by atoms with E-state index < -0.39 is 15.7 Å². The van der Waals surface area contributed by atoms with Crippen molar-refractivity contribution in [3.8, 4) is 11.4 Å². The van der Waals surface area contributed by atoms with Gasteiger partial charge in [-0.3, -0.25) is 4.79 Å². The second-order valence-electron chi connectivity index (χ2n) is 7.25. The second kappa shape index (κ2) is 9.23. The Bertz CT molecular complexity index is 1470. The van der Waals surface area contributed by atoms with E-state index in [1.807, 2.05) is 6.92 Å². The third-order valence-electron chi connectivity index (χ3n) is 4.90. The van der Waals surface area contributed by atoms with Gasteiger partial charge in [0.2, 0.25) is 14.2 Å². The maximum atomic E-state index is 13.0. The van der Waals surface area contributed by atoms with Crippen molar-refractivity contribution in [3.05, 3.63) is 87.4 Å². The van der Waals surface area contributed by atoms with Crippen LogP contribution in [0.25, 0.3) is 11.4 Å². The smallest absolute Gasteiger partial charge is 0.258 e. The van der Waals surface area contributed by atoms with Crippen molar-refractivity contribution >= 4 is 56.2 Å². The normalized spacial score (nSPS) is 11.4. The molecule has 4 aromatic rings. The molecule has 0 aliphatic carbocycles. The topological polar surface area (TPSA) is 89.0 Å². The van der Waals surface area contributed by atoms with Crippen LogP contribution >= 0.6 is 34.7 Å². The Hall–Kier alpha value is -2.78. The fraction of sp³-hybridized carbons (Fsp3) is 0.0870. The molecule has 6 nitrogen and oxygen atoms in total. The van der Waals surface area contributed by atoms with E-state index in [2.05, 4.69) is 14.7 Å². The first-order valence-electron chi connectivity index (χ1n) is 9.69. The summed E-state index contributed by atoms with van der Waals surface area (Å²) in [4.78, 5) is 17.4. The molecule has 3 aromatic carbocycles. The molecule has 4 rings (SSSR count). The lowest BCUT2D eigenvalue weighted by molar-refractivity contribution is 0.102. The van der Waals surface area contributed by atoms with E-state index >= 15 is 0 Å². The number of anilines is 1. The van der Waals surface area contributed by atoms with Crippen molar-refractivity contribution in [3.63, 3.8) is 0 Å². The van der Waals surface area contributed by atoms with Crippen LogP contribution in [0.2, 0.25) is 10.0 Å². The molecule has 0 saturated heterocycles. The SMILES string of the molecule is Cc1ccc(S(=O)(=O)c2nc(-c3ccccc3NC(=O)c3c(Cl)ccc(C)c3Cl)ns2)cc1. The fourth-order valence-corrected chi connectivity index (χ4v) is 5.75. The summed E-state index contributed by atoms with van der Waals surface area (Å²) in [5.41, 5.74) is 2.68. The first-order valence-corrected chi connectivity index (χ1v) is 12.7. The first kappa shape index (κ1) is 23.4. The minimum atomic E-state index is -3.82. The Morgan fingerprint density at radius 1 is 0.970 bits per heavy atom. The minimum Gasteiger partial charge on any atom is -0.321 e. The number of aromatic nitrogens is 2. The number of para-hydroxylation sites is 1. The zero-order valence-corrected chi connectivity index (χ0v) is 20.6. The maximum absolute atomic E-state index is 13.0. The number of hydrogen-bond donors (Lipinski definition) is 1. The van der Waals surface area contributed by atoms with Gasteiger partial charge in [-0.2, -0.15) is 4.37 Å². The molecule has 0 radical (unpaired) electrons. The van der Waals surface area contributed by atoms with E-state index in [1.54, 1.807) is 55.5 Å². The van der Waals surface area contributed by atoms with E-state index in [0.29, 0.717) is 16.8 Å². The van der Waals surface area contributed by atoms with Gasteiger partial charge in [0.05, 0.1) is 26.2 Å². The molecule has 10 heteroatoms. The van der Waals surface area contributed by atoms with Gasteiger partial charge < -0.3 is 5.32 Å². The molecule has 1 amide bonds. The molecule has 33 heavy (non-hydrogen) atoms. The molecule has 0 fully saturated rings. The predicted molar refractivity (Wildman–Crippen MR) is 131 cm³/mol. The zero-order chi connectivity index (χ0) is 23.8. The van der Waals surface area contributed by atoms with Crippen molar-refractivity contribution in [1.82, 2.24) is 9.36 Å². The van der Waals surface area contributed by atoms with Crippen molar-refractivity contribution in [1.29, 1.82) is 0 Å². The van der Waals surface area contributed by atoms with Crippen LogP contribution in [0, 0.1) is 13.8 Å². The van der Waals surface area contributed by atoms with Gasteiger partial charge in [-0.25, -0.2) is 13.4 Å². The molecule has 0 unspecified atom stereocenters. The monoisotopic (exact) mass is 517 g/mol. The molecule has 1 N–H and O–H groups in total. The number of hydrogen-bond acceptors (Lipinski definition) is 6. The van der Waals surface area contributed by atoms with Gasteiger partial charge >= 0.3 is 0 Å². The van der Waals surface area contributed by atoms with Gasteiger partial charge in [0, 0.05) is 5.56 Å². The molecule has 1 aromatic heterocycles. The summed E-state index contributed by atoms with van der Waals surface area (Å²) in [5.74, 6) is -0.313. The highest BCUT2D eigenvalue weighted by Gasteiger charge is 2.24. The largest absolute Gasteiger partial charge is 0.321 e. The molecule has 168 valence electrons. The zero-order valence-electron chi connectivity index (χ0n) is 17.5. The number of rotatable bonds is 5. The molecule has 0 saturated carbocycles. The van der Waals surface area contributed by atoms with E-state index in [4.69, 9.17) is 23.2 Å². The van der Waals surface area contributed by atoms with Crippen LogP contribution in [0.4, 0.5) is 5.69 Å². The number of carbonyl (C=O) groups is 1. The summed E-state index contributed by atoms with van der Waals surface area (Å²) in [6.45, 7) is 3.65.